The predicted octanol–water partition coefficient (Wildman–Crippen LogP) is 3.51. The summed E-state index contributed by atoms with van der Waals surface area (Å²) < 4.78 is 45.6. The molecule has 1 atom stereocenters. The molecule has 2 amide bonds. The molecule has 1 aliphatic heterocycles. The van der Waals surface area contributed by atoms with Crippen molar-refractivity contribution in [2.24, 2.45) is 0 Å². The number of carbonyl (C=O) groups excluding carboxylic acids is 2. The van der Waals surface area contributed by atoms with E-state index in [1.807, 2.05) is 0 Å². The van der Waals surface area contributed by atoms with E-state index in [1.54, 1.807) is 25.7 Å². The highest BCUT2D eigenvalue weighted by atomic mass is 19.4. The van der Waals surface area contributed by atoms with Crippen LogP contribution in [0.3, 0.4) is 0 Å². The van der Waals surface area contributed by atoms with Crippen molar-refractivity contribution in [2.45, 2.75) is 51.6 Å². The molecule has 29 heavy (non-hydrogen) atoms. The van der Waals surface area contributed by atoms with Crippen LogP contribution in [0.2, 0.25) is 0 Å². The fourth-order valence-corrected chi connectivity index (χ4v) is 2.86. The molecule has 1 aromatic carbocycles. The molecule has 1 fully saturated rings. The van der Waals surface area contributed by atoms with Gasteiger partial charge >= 0.3 is 12.5 Å². The summed E-state index contributed by atoms with van der Waals surface area (Å²) in [6, 6.07) is 4.94. The summed E-state index contributed by atoms with van der Waals surface area (Å²) in [4.78, 5) is 26.0. The highest BCUT2D eigenvalue weighted by Gasteiger charge is 2.31. The topological polar surface area (TPSA) is 79.9 Å². The molecule has 162 valence electrons. The minimum Gasteiger partial charge on any atom is -0.444 e. The van der Waals surface area contributed by atoms with Crippen molar-refractivity contribution in [1.82, 2.24) is 10.2 Å². The zero-order valence-corrected chi connectivity index (χ0v) is 16.6. The fourth-order valence-electron chi connectivity index (χ4n) is 2.86. The van der Waals surface area contributed by atoms with E-state index in [-0.39, 0.29) is 24.2 Å². The second-order valence-electron chi connectivity index (χ2n) is 7.75. The lowest BCUT2D eigenvalue weighted by atomic mass is 10.1. The molecule has 7 nitrogen and oxygen atoms in total. The van der Waals surface area contributed by atoms with Gasteiger partial charge in [-0.3, -0.25) is 4.79 Å². The number of alkyl carbamates (subject to hydrolysis) is 1. The summed E-state index contributed by atoms with van der Waals surface area (Å²) >= 11 is 0. The van der Waals surface area contributed by atoms with Crippen LogP contribution in [-0.2, 0) is 9.53 Å². The van der Waals surface area contributed by atoms with Crippen molar-refractivity contribution in [3.05, 3.63) is 24.3 Å². The Bertz CT molecular complexity index is 702. The van der Waals surface area contributed by atoms with Crippen molar-refractivity contribution in [1.29, 1.82) is 0 Å². The van der Waals surface area contributed by atoms with Crippen molar-refractivity contribution >= 4 is 17.7 Å². The van der Waals surface area contributed by atoms with E-state index in [2.05, 4.69) is 15.4 Å². The van der Waals surface area contributed by atoms with Gasteiger partial charge in [-0.1, -0.05) is 0 Å². The highest BCUT2D eigenvalue weighted by molar-refractivity contribution is 5.81. The Hall–Kier alpha value is -2.65. The number of halogens is 3. The highest BCUT2D eigenvalue weighted by Crippen LogP contribution is 2.24. The maximum atomic E-state index is 12.4. The number of hydrogen-bond acceptors (Lipinski definition) is 5. The Balaban J connectivity index is 1.80. The van der Waals surface area contributed by atoms with Crippen LogP contribution in [0.4, 0.5) is 23.7 Å². The molecule has 0 saturated carbocycles. The Morgan fingerprint density at radius 1 is 1.17 bits per heavy atom. The summed E-state index contributed by atoms with van der Waals surface area (Å²) in [5.41, 5.74) is -0.105. The average molecular weight is 417 g/mol. The monoisotopic (exact) mass is 417 g/mol. The number of likely N-dealkylation sites (tertiary alicyclic amines) is 1. The predicted molar refractivity (Wildman–Crippen MR) is 101 cm³/mol. The summed E-state index contributed by atoms with van der Waals surface area (Å²) in [6.45, 7) is 6.26. The first kappa shape index (κ1) is 22.6. The molecule has 0 bridgehead atoms. The van der Waals surface area contributed by atoms with Crippen molar-refractivity contribution in [3.63, 3.8) is 0 Å². The van der Waals surface area contributed by atoms with Crippen LogP contribution in [0.1, 0.15) is 33.6 Å². The summed E-state index contributed by atoms with van der Waals surface area (Å²) in [7, 11) is 0. The van der Waals surface area contributed by atoms with Crippen molar-refractivity contribution < 1.29 is 32.2 Å². The van der Waals surface area contributed by atoms with E-state index in [1.165, 1.54) is 24.3 Å². The number of nitrogens with zero attached hydrogens (tertiary/aromatic N) is 1. The smallest absolute Gasteiger partial charge is 0.444 e. The van der Waals surface area contributed by atoms with Gasteiger partial charge in [0.2, 0.25) is 5.91 Å². The zero-order valence-electron chi connectivity index (χ0n) is 16.6. The van der Waals surface area contributed by atoms with Crippen molar-refractivity contribution in [3.8, 4) is 5.75 Å². The third-order valence-electron chi connectivity index (χ3n) is 4.03. The van der Waals surface area contributed by atoms with Crippen LogP contribution < -0.4 is 15.4 Å². The molecule has 0 unspecified atom stereocenters. The molecule has 0 radical (unpaired) electrons. The quantitative estimate of drug-likeness (QED) is 0.767. The normalized spacial score (nSPS) is 17.4. The lowest BCUT2D eigenvalue weighted by Gasteiger charge is -2.33. The Kier molecular flexibility index (Phi) is 7.21. The first-order valence-electron chi connectivity index (χ1n) is 9.28. The molecule has 0 spiro atoms. The van der Waals surface area contributed by atoms with E-state index in [0.29, 0.717) is 18.8 Å². The van der Waals surface area contributed by atoms with E-state index >= 15 is 0 Å². The van der Waals surface area contributed by atoms with E-state index in [4.69, 9.17) is 4.74 Å². The second-order valence-corrected chi connectivity index (χ2v) is 7.75. The van der Waals surface area contributed by atoms with Gasteiger partial charge in [-0.05, 0) is 57.9 Å². The lowest BCUT2D eigenvalue weighted by Crippen LogP contribution is -2.51. The van der Waals surface area contributed by atoms with Crippen LogP contribution >= 0.6 is 0 Å². The van der Waals surface area contributed by atoms with Crippen LogP contribution in [0, 0.1) is 0 Å². The van der Waals surface area contributed by atoms with Gasteiger partial charge in [0, 0.05) is 24.8 Å². The average Bonchev–Trinajstić information content (AvgIpc) is 2.58. The fraction of sp³-hybridized carbons (Fsp3) is 0.579. The lowest BCUT2D eigenvalue weighted by molar-refractivity contribution is -0.274. The maximum absolute atomic E-state index is 12.4. The number of anilines is 1. The molecule has 2 N–H and O–H groups in total. The van der Waals surface area contributed by atoms with Crippen molar-refractivity contribution in [2.75, 3.05) is 25.0 Å². The molecule has 1 aromatic rings. The number of piperidine rings is 1. The third kappa shape index (κ3) is 8.49. The number of amides is 2. The largest absolute Gasteiger partial charge is 0.573 e. The molecular weight excluding hydrogens is 391 g/mol. The number of benzene rings is 1. The number of carbonyl (C=O) groups is 2. The van der Waals surface area contributed by atoms with E-state index < -0.39 is 18.1 Å². The molecule has 1 heterocycles. The minimum atomic E-state index is -4.75. The van der Waals surface area contributed by atoms with E-state index in [9.17, 15) is 22.8 Å². The molecule has 1 aliphatic rings. The van der Waals surface area contributed by atoms with Crippen LogP contribution in [-0.4, -0.2) is 54.5 Å². The SMILES string of the molecule is CC(C)(C)OC(=O)N[C@@H]1CCCN(C(=O)CNc2ccc(OC(F)(F)F)cc2)C1. The Labute approximate surface area is 167 Å². The second kappa shape index (κ2) is 9.23. The summed E-state index contributed by atoms with van der Waals surface area (Å²) in [5, 5.41) is 5.66. The van der Waals surface area contributed by atoms with Gasteiger partial charge in [0.05, 0.1) is 6.54 Å². The number of alkyl halides is 3. The zero-order chi connectivity index (χ0) is 21.7. The van der Waals surface area contributed by atoms with Gasteiger partial charge < -0.3 is 25.0 Å². The van der Waals surface area contributed by atoms with E-state index in [0.717, 1.165) is 12.8 Å². The van der Waals surface area contributed by atoms with Gasteiger partial charge in [-0.15, -0.1) is 13.2 Å². The Morgan fingerprint density at radius 3 is 2.41 bits per heavy atom. The van der Waals surface area contributed by atoms with Crippen LogP contribution in [0.25, 0.3) is 0 Å². The van der Waals surface area contributed by atoms with Gasteiger partial charge in [-0.25, -0.2) is 4.79 Å². The molecule has 2 rings (SSSR count). The number of ether oxygens (including phenoxy) is 2. The van der Waals surface area contributed by atoms with Crippen LogP contribution in [0.15, 0.2) is 24.3 Å². The Morgan fingerprint density at radius 2 is 1.83 bits per heavy atom. The number of hydrogen-bond donors (Lipinski definition) is 2. The molecule has 0 aromatic heterocycles. The molecule has 1 saturated heterocycles. The van der Waals surface area contributed by atoms with Gasteiger partial charge in [0.25, 0.3) is 0 Å². The molecule has 0 aliphatic carbocycles. The first-order chi connectivity index (χ1) is 13.4. The van der Waals surface area contributed by atoms with Gasteiger partial charge in [-0.2, -0.15) is 0 Å². The summed E-state index contributed by atoms with van der Waals surface area (Å²) in [6.07, 6.45) is -3.77. The standard InChI is InChI=1S/C19H26F3N3O4/c1-18(2,3)29-17(27)24-14-5-4-10-25(12-14)16(26)11-23-13-6-8-15(9-7-13)28-19(20,21)22/h6-9,14,23H,4-5,10-12H2,1-3H3,(H,24,27)/t14-/m1/s1. The first-order valence-corrected chi connectivity index (χ1v) is 9.28. The molecule has 10 heteroatoms. The number of nitrogens with one attached hydrogen (secondary N) is 2. The minimum absolute atomic E-state index is 0.0152. The maximum Gasteiger partial charge on any atom is 0.573 e. The van der Waals surface area contributed by atoms with Gasteiger partial charge in [0.15, 0.2) is 0 Å². The molecular formula is C19H26F3N3O4. The number of rotatable bonds is 5. The summed E-state index contributed by atoms with van der Waals surface area (Å²) in [5.74, 6) is -0.502. The van der Waals surface area contributed by atoms with Crippen LogP contribution in [0.5, 0.6) is 5.75 Å². The van der Waals surface area contributed by atoms with Gasteiger partial charge in [0.1, 0.15) is 11.4 Å². The third-order valence-corrected chi connectivity index (χ3v) is 4.03.